The summed E-state index contributed by atoms with van der Waals surface area (Å²) in [5, 5.41) is 22.0. The maximum Gasteiger partial charge on any atom is 0.0722 e. The quantitative estimate of drug-likeness (QED) is 0.544. The summed E-state index contributed by atoms with van der Waals surface area (Å²) in [6.45, 7) is 26.3. The van der Waals surface area contributed by atoms with Crippen molar-refractivity contribution in [3.63, 3.8) is 0 Å². The third-order valence-electron chi connectivity index (χ3n) is 6.71. The number of hydrogen-bond donors (Lipinski definition) is 2. The van der Waals surface area contributed by atoms with Crippen LogP contribution in [-0.2, 0) is 0 Å². The van der Waals surface area contributed by atoms with Crippen LogP contribution in [0, 0.1) is 21.7 Å². The predicted octanol–water partition coefficient (Wildman–Crippen LogP) is 5.35. The van der Waals surface area contributed by atoms with Crippen molar-refractivity contribution < 1.29 is 10.2 Å². The highest BCUT2D eigenvalue weighted by atomic mass is 16.3. The van der Waals surface area contributed by atoms with Crippen LogP contribution in [0.4, 0.5) is 0 Å². The fourth-order valence-corrected chi connectivity index (χ4v) is 3.70. The Kier molecular flexibility index (Phi) is 9.34. The van der Waals surface area contributed by atoms with Crippen molar-refractivity contribution in [3.05, 3.63) is 0 Å². The lowest BCUT2D eigenvalue weighted by molar-refractivity contribution is -0.0626. The van der Waals surface area contributed by atoms with Crippen molar-refractivity contribution in [1.82, 2.24) is 4.90 Å². The van der Waals surface area contributed by atoms with Crippen LogP contribution in [0.5, 0.6) is 0 Å². The molecule has 0 saturated carbocycles. The summed E-state index contributed by atoms with van der Waals surface area (Å²) in [5.74, 6) is 0. The zero-order chi connectivity index (χ0) is 21.0. The molecule has 158 valence electrons. The van der Waals surface area contributed by atoms with Crippen molar-refractivity contribution in [1.29, 1.82) is 0 Å². The Morgan fingerprint density at radius 3 is 1.58 bits per heavy atom. The van der Waals surface area contributed by atoms with Crippen molar-refractivity contribution >= 4 is 0 Å². The van der Waals surface area contributed by atoms with Crippen molar-refractivity contribution in [2.75, 3.05) is 19.6 Å². The Balaban J connectivity index is 5.22. The van der Waals surface area contributed by atoms with Gasteiger partial charge in [-0.25, -0.2) is 0 Å². The number of nitrogens with zero attached hydrogens (tertiary/aromatic N) is 1. The van der Waals surface area contributed by atoms with E-state index in [0.29, 0.717) is 13.1 Å². The molecule has 0 spiro atoms. The van der Waals surface area contributed by atoms with E-state index < -0.39 is 6.10 Å². The predicted molar refractivity (Wildman–Crippen MR) is 114 cm³/mol. The molecule has 0 amide bonds. The zero-order valence-corrected chi connectivity index (χ0v) is 19.7. The molecule has 0 bridgehead atoms. The third kappa shape index (κ3) is 7.48. The smallest absolute Gasteiger partial charge is 0.0722 e. The van der Waals surface area contributed by atoms with Crippen LogP contribution >= 0.6 is 0 Å². The lowest BCUT2D eigenvalue weighted by Crippen LogP contribution is -2.50. The van der Waals surface area contributed by atoms with Gasteiger partial charge in [-0.1, -0.05) is 76.2 Å². The molecule has 0 aliphatic heterocycles. The average molecular weight is 372 g/mol. The van der Waals surface area contributed by atoms with Gasteiger partial charge in [-0.3, -0.25) is 4.90 Å². The van der Waals surface area contributed by atoms with Crippen molar-refractivity contribution in [2.45, 2.75) is 108 Å². The molecule has 0 radical (unpaired) electrons. The highest BCUT2D eigenvalue weighted by Gasteiger charge is 2.41. The van der Waals surface area contributed by atoms with Gasteiger partial charge in [-0.05, 0) is 47.5 Å². The molecular weight excluding hydrogens is 322 g/mol. The molecular formula is C23H49NO2. The van der Waals surface area contributed by atoms with Gasteiger partial charge in [0, 0.05) is 13.1 Å². The second-order valence-electron chi connectivity index (χ2n) is 11.5. The van der Waals surface area contributed by atoms with Gasteiger partial charge in [0.15, 0.2) is 0 Å². The Morgan fingerprint density at radius 1 is 0.769 bits per heavy atom. The summed E-state index contributed by atoms with van der Waals surface area (Å²) in [6.07, 6.45) is 2.17. The van der Waals surface area contributed by atoms with Crippen LogP contribution in [0.15, 0.2) is 0 Å². The van der Waals surface area contributed by atoms with Crippen LogP contribution < -0.4 is 0 Å². The van der Waals surface area contributed by atoms with Crippen LogP contribution in [-0.4, -0.2) is 47.0 Å². The van der Waals surface area contributed by atoms with E-state index in [0.717, 1.165) is 25.8 Å². The highest BCUT2D eigenvalue weighted by Crippen LogP contribution is 2.42. The Labute approximate surface area is 164 Å². The number of hydrogen-bond acceptors (Lipinski definition) is 3. The molecule has 26 heavy (non-hydrogen) atoms. The molecule has 3 atom stereocenters. The minimum absolute atomic E-state index is 0.0209. The summed E-state index contributed by atoms with van der Waals surface area (Å²) in [4.78, 5) is 2.26. The fourth-order valence-electron chi connectivity index (χ4n) is 3.70. The van der Waals surface area contributed by atoms with Gasteiger partial charge in [0.25, 0.3) is 0 Å². The van der Waals surface area contributed by atoms with E-state index in [9.17, 15) is 10.2 Å². The molecule has 0 fully saturated rings. The van der Waals surface area contributed by atoms with Gasteiger partial charge < -0.3 is 10.2 Å². The SMILES string of the molecule is CCCN(CC(O)C(C)(CC)CC(C)(C)C)CC(O)C(C)(C)C(C)(C)C. The first-order chi connectivity index (χ1) is 11.5. The first kappa shape index (κ1) is 25.9. The van der Waals surface area contributed by atoms with Crippen LogP contribution in [0.2, 0.25) is 0 Å². The summed E-state index contributed by atoms with van der Waals surface area (Å²) in [6, 6.07) is 0. The molecule has 0 rings (SSSR count). The first-order valence-electron chi connectivity index (χ1n) is 10.6. The number of aliphatic hydroxyl groups is 2. The van der Waals surface area contributed by atoms with Gasteiger partial charge in [0.05, 0.1) is 12.2 Å². The molecule has 0 aromatic rings. The van der Waals surface area contributed by atoms with Crippen molar-refractivity contribution in [3.8, 4) is 0 Å². The Bertz CT molecular complexity index is 405. The molecule has 0 aliphatic rings. The van der Waals surface area contributed by atoms with Gasteiger partial charge in [0.2, 0.25) is 0 Å². The van der Waals surface area contributed by atoms with E-state index in [1.165, 1.54) is 0 Å². The minimum atomic E-state index is -0.420. The van der Waals surface area contributed by atoms with Gasteiger partial charge >= 0.3 is 0 Å². The topological polar surface area (TPSA) is 43.7 Å². The van der Waals surface area contributed by atoms with E-state index in [2.05, 4.69) is 81.1 Å². The normalized spacial score (nSPS) is 18.7. The third-order valence-corrected chi connectivity index (χ3v) is 6.71. The summed E-state index contributed by atoms with van der Waals surface area (Å²) < 4.78 is 0. The van der Waals surface area contributed by atoms with E-state index in [1.807, 2.05) is 0 Å². The fraction of sp³-hybridized carbons (Fsp3) is 1.00. The molecule has 0 saturated heterocycles. The molecule has 3 heteroatoms. The second-order valence-corrected chi connectivity index (χ2v) is 11.5. The molecule has 3 unspecified atom stereocenters. The standard InChI is InChI=1S/C23H49NO2/c1-12-14-24(15-18(25)22(9,10)21(6,7)8)16-19(26)23(11,13-2)17-20(3,4)5/h18-19,25-26H,12-17H2,1-11H3. The highest BCUT2D eigenvalue weighted by molar-refractivity contribution is 4.92. The van der Waals surface area contributed by atoms with Gasteiger partial charge in [-0.2, -0.15) is 0 Å². The maximum absolute atomic E-state index is 11.1. The summed E-state index contributed by atoms with van der Waals surface area (Å²) in [7, 11) is 0. The lowest BCUT2D eigenvalue weighted by atomic mass is 9.66. The molecule has 0 heterocycles. The van der Waals surface area contributed by atoms with E-state index in [1.54, 1.807) is 0 Å². The van der Waals surface area contributed by atoms with Crippen LogP contribution in [0.1, 0.15) is 95.4 Å². The van der Waals surface area contributed by atoms with Crippen molar-refractivity contribution in [2.24, 2.45) is 21.7 Å². The number of aliphatic hydroxyl groups excluding tert-OH is 2. The molecule has 0 aliphatic carbocycles. The summed E-state index contributed by atoms with van der Waals surface area (Å²) in [5.41, 5.74) is -0.0830. The zero-order valence-electron chi connectivity index (χ0n) is 19.7. The minimum Gasteiger partial charge on any atom is -0.391 e. The maximum atomic E-state index is 11.1. The monoisotopic (exact) mass is 371 g/mol. The summed E-state index contributed by atoms with van der Waals surface area (Å²) >= 11 is 0. The average Bonchev–Trinajstić information content (AvgIpc) is 2.44. The molecule has 2 N–H and O–H groups in total. The lowest BCUT2D eigenvalue weighted by Gasteiger charge is -2.45. The van der Waals surface area contributed by atoms with E-state index >= 15 is 0 Å². The molecule has 0 aromatic carbocycles. The van der Waals surface area contributed by atoms with Gasteiger partial charge in [0.1, 0.15) is 0 Å². The Morgan fingerprint density at radius 2 is 1.23 bits per heavy atom. The van der Waals surface area contributed by atoms with Gasteiger partial charge in [-0.15, -0.1) is 0 Å². The van der Waals surface area contributed by atoms with Crippen LogP contribution in [0.25, 0.3) is 0 Å². The second kappa shape index (κ2) is 9.39. The molecule has 3 nitrogen and oxygen atoms in total. The Hall–Kier alpha value is -0.120. The first-order valence-corrected chi connectivity index (χ1v) is 10.6. The largest absolute Gasteiger partial charge is 0.391 e. The van der Waals surface area contributed by atoms with E-state index in [4.69, 9.17) is 0 Å². The van der Waals surface area contributed by atoms with Crippen LogP contribution in [0.3, 0.4) is 0 Å². The number of rotatable bonds is 10. The van der Waals surface area contributed by atoms with E-state index in [-0.39, 0.29) is 27.8 Å². The molecule has 0 aromatic heterocycles.